The van der Waals surface area contributed by atoms with Crippen LogP contribution in [0, 0.1) is 5.82 Å². The Kier molecular flexibility index (Phi) is 5.18. The Balaban J connectivity index is 2.36. The number of benzene rings is 1. The summed E-state index contributed by atoms with van der Waals surface area (Å²) in [5.41, 5.74) is 0.0997. The van der Waals surface area contributed by atoms with E-state index in [0.29, 0.717) is 0 Å². The number of nitrogens with zero attached hydrogens (tertiary/aromatic N) is 1. The van der Waals surface area contributed by atoms with Crippen molar-refractivity contribution in [3.63, 3.8) is 0 Å². The largest absolute Gasteiger partial charge is 0.245 e. The van der Waals surface area contributed by atoms with Crippen LogP contribution in [-0.2, 0) is 16.6 Å². The molecule has 0 aliphatic heterocycles. The summed E-state index contributed by atoms with van der Waals surface area (Å²) in [6, 6.07) is 5.43. The lowest BCUT2D eigenvalue weighted by molar-refractivity contribution is 0.457. The Bertz CT molecular complexity index is 757. The van der Waals surface area contributed by atoms with Crippen LogP contribution in [-0.4, -0.2) is 19.8 Å². The zero-order valence-corrected chi connectivity index (χ0v) is 14.5. The molecule has 2 aromatic rings. The lowest BCUT2D eigenvalue weighted by Gasteiger charge is -2.17. The molecule has 0 radical (unpaired) electrons. The summed E-state index contributed by atoms with van der Waals surface area (Å²) < 4.78 is 39.9. The molecule has 3 nitrogen and oxygen atoms in total. The van der Waals surface area contributed by atoms with Crippen LogP contribution in [0.25, 0.3) is 0 Å². The number of halogens is 4. The Labute approximate surface area is 140 Å². The number of thiophene rings is 1. The van der Waals surface area contributed by atoms with Crippen LogP contribution in [0.4, 0.5) is 4.39 Å². The third-order valence-electron chi connectivity index (χ3n) is 2.76. The van der Waals surface area contributed by atoms with Gasteiger partial charge in [-0.15, -0.1) is 11.3 Å². The monoisotopic (exact) mass is 387 g/mol. The fraction of sp³-hybridized carbons (Fsp3) is 0.167. The molecule has 0 aliphatic rings. The van der Waals surface area contributed by atoms with Gasteiger partial charge in [0.1, 0.15) is 15.0 Å². The quantitative estimate of drug-likeness (QED) is 0.763. The van der Waals surface area contributed by atoms with Crippen LogP contribution >= 0.6 is 46.1 Å². The smallest absolute Gasteiger partial charge is 0.207 e. The van der Waals surface area contributed by atoms with E-state index in [-0.39, 0.29) is 30.7 Å². The van der Waals surface area contributed by atoms with Gasteiger partial charge in [0.2, 0.25) is 10.0 Å². The second kappa shape index (κ2) is 6.40. The van der Waals surface area contributed by atoms with Crippen molar-refractivity contribution in [1.82, 2.24) is 4.31 Å². The Hall–Kier alpha value is -0.370. The highest BCUT2D eigenvalue weighted by Crippen LogP contribution is 2.36. The summed E-state index contributed by atoms with van der Waals surface area (Å²) in [6.07, 6.45) is 0. The van der Waals surface area contributed by atoms with Gasteiger partial charge in [-0.1, -0.05) is 40.9 Å². The van der Waals surface area contributed by atoms with Crippen molar-refractivity contribution in [3.8, 4) is 0 Å². The standard InChI is InChI=1S/C12H9Cl3FNO2S2/c1-17(6-7-8(13)3-2-4-9(7)16)21(18,19)10-5-11(14)20-12(10)15/h2-5H,6H2,1H3. The Morgan fingerprint density at radius 2 is 1.95 bits per heavy atom. The first-order valence-corrected chi connectivity index (χ1v) is 8.96. The first-order chi connectivity index (χ1) is 9.73. The molecule has 1 heterocycles. The SMILES string of the molecule is CN(Cc1c(F)cccc1Cl)S(=O)(=O)c1cc(Cl)sc1Cl. The maximum Gasteiger partial charge on any atom is 0.245 e. The van der Waals surface area contributed by atoms with Gasteiger partial charge >= 0.3 is 0 Å². The molecule has 0 N–H and O–H groups in total. The van der Waals surface area contributed by atoms with E-state index in [9.17, 15) is 12.8 Å². The van der Waals surface area contributed by atoms with Crippen molar-refractivity contribution >= 4 is 56.2 Å². The van der Waals surface area contributed by atoms with Crippen molar-refractivity contribution < 1.29 is 12.8 Å². The molecule has 21 heavy (non-hydrogen) atoms. The maximum absolute atomic E-state index is 13.7. The van der Waals surface area contributed by atoms with Gasteiger partial charge in [-0.05, 0) is 18.2 Å². The van der Waals surface area contributed by atoms with Crippen LogP contribution < -0.4 is 0 Å². The zero-order valence-electron chi connectivity index (χ0n) is 10.6. The highest BCUT2D eigenvalue weighted by Gasteiger charge is 2.27. The summed E-state index contributed by atoms with van der Waals surface area (Å²) in [5.74, 6) is -0.570. The van der Waals surface area contributed by atoms with Crippen LogP contribution in [0.1, 0.15) is 5.56 Å². The molecule has 0 saturated carbocycles. The van der Waals surface area contributed by atoms with Gasteiger partial charge in [0.15, 0.2) is 0 Å². The van der Waals surface area contributed by atoms with Gasteiger partial charge < -0.3 is 0 Å². The molecule has 0 saturated heterocycles. The molecular formula is C12H9Cl3FNO2S2. The van der Waals surface area contributed by atoms with Crippen LogP contribution in [0.15, 0.2) is 29.2 Å². The fourth-order valence-electron chi connectivity index (χ4n) is 1.66. The fourth-order valence-corrected chi connectivity index (χ4v) is 5.13. The predicted molar refractivity (Wildman–Crippen MR) is 84.4 cm³/mol. The summed E-state index contributed by atoms with van der Waals surface area (Å²) in [4.78, 5) is -0.103. The van der Waals surface area contributed by atoms with Crippen molar-refractivity contribution in [2.24, 2.45) is 0 Å². The number of rotatable bonds is 4. The molecule has 2 rings (SSSR count). The zero-order chi connectivity index (χ0) is 15.8. The second-order valence-corrected chi connectivity index (χ2v) is 8.86. The van der Waals surface area contributed by atoms with E-state index in [4.69, 9.17) is 34.8 Å². The average Bonchev–Trinajstić information content (AvgIpc) is 2.73. The molecule has 0 unspecified atom stereocenters. The first kappa shape index (κ1) is 17.0. The van der Waals surface area contributed by atoms with E-state index >= 15 is 0 Å². The lowest BCUT2D eigenvalue weighted by Crippen LogP contribution is -2.27. The molecule has 9 heteroatoms. The van der Waals surface area contributed by atoms with E-state index in [1.54, 1.807) is 0 Å². The van der Waals surface area contributed by atoms with Crippen LogP contribution in [0.3, 0.4) is 0 Å². The minimum atomic E-state index is -3.88. The molecule has 0 fully saturated rings. The Morgan fingerprint density at radius 3 is 2.48 bits per heavy atom. The van der Waals surface area contributed by atoms with Gasteiger partial charge in [0.05, 0.1) is 4.34 Å². The van der Waals surface area contributed by atoms with Crippen molar-refractivity contribution in [3.05, 3.63) is 49.3 Å². The summed E-state index contributed by atoms with van der Waals surface area (Å²) in [5, 5.41) is 0.159. The third-order valence-corrected chi connectivity index (χ3v) is 6.67. The summed E-state index contributed by atoms with van der Waals surface area (Å²) in [7, 11) is -2.56. The van der Waals surface area contributed by atoms with E-state index in [0.717, 1.165) is 15.6 Å². The molecular weight excluding hydrogens is 380 g/mol. The van der Waals surface area contributed by atoms with Crippen LogP contribution in [0.5, 0.6) is 0 Å². The highest BCUT2D eigenvalue weighted by atomic mass is 35.5. The van der Waals surface area contributed by atoms with Gasteiger partial charge in [-0.3, -0.25) is 0 Å². The topological polar surface area (TPSA) is 37.4 Å². The molecule has 0 atom stereocenters. The van der Waals surface area contributed by atoms with Crippen molar-refractivity contribution in [2.45, 2.75) is 11.4 Å². The molecule has 0 aliphatic carbocycles. The van der Waals surface area contributed by atoms with Gasteiger partial charge in [-0.25, -0.2) is 12.8 Å². The first-order valence-electron chi connectivity index (χ1n) is 5.57. The molecule has 0 bridgehead atoms. The average molecular weight is 389 g/mol. The van der Waals surface area contributed by atoms with Crippen LogP contribution in [0.2, 0.25) is 13.7 Å². The number of hydrogen-bond acceptors (Lipinski definition) is 3. The van der Waals surface area contributed by atoms with E-state index in [1.165, 1.54) is 31.3 Å². The molecule has 0 amide bonds. The highest BCUT2D eigenvalue weighted by molar-refractivity contribution is 7.89. The van der Waals surface area contributed by atoms with Gasteiger partial charge in [0.25, 0.3) is 0 Å². The number of sulfonamides is 1. The van der Waals surface area contributed by atoms with E-state index in [2.05, 4.69) is 0 Å². The van der Waals surface area contributed by atoms with Gasteiger partial charge in [0, 0.05) is 24.2 Å². The van der Waals surface area contributed by atoms with E-state index in [1.807, 2.05) is 0 Å². The molecule has 1 aromatic heterocycles. The minimum absolute atomic E-state index is 0.0616. The minimum Gasteiger partial charge on any atom is -0.207 e. The van der Waals surface area contributed by atoms with E-state index < -0.39 is 15.8 Å². The molecule has 114 valence electrons. The second-order valence-electron chi connectivity index (χ2n) is 4.15. The third kappa shape index (κ3) is 3.52. The summed E-state index contributed by atoms with van der Waals surface area (Å²) >= 11 is 18.5. The molecule has 1 aromatic carbocycles. The lowest BCUT2D eigenvalue weighted by atomic mass is 10.2. The number of hydrogen-bond donors (Lipinski definition) is 0. The molecule has 0 spiro atoms. The van der Waals surface area contributed by atoms with Gasteiger partial charge in [-0.2, -0.15) is 4.31 Å². The summed E-state index contributed by atoms with van der Waals surface area (Å²) in [6.45, 7) is -0.211. The predicted octanol–water partition coefficient (Wildman–Crippen LogP) is 4.67. The Morgan fingerprint density at radius 1 is 1.29 bits per heavy atom. The van der Waals surface area contributed by atoms with Crippen molar-refractivity contribution in [1.29, 1.82) is 0 Å². The van der Waals surface area contributed by atoms with Crippen molar-refractivity contribution in [2.75, 3.05) is 7.05 Å². The maximum atomic E-state index is 13.7. The normalized spacial score (nSPS) is 12.1.